The van der Waals surface area contributed by atoms with Gasteiger partial charge in [0.25, 0.3) is 0 Å². The minimum absolute atomic E-state index is 0.134. The Bertz CT molecular complexity index is 688. The Labute approximate surface area is 148 Å². The molecule has 0 saturated carbocycles. The number of hydrogen-bond donors (Lipinski definition) is 2. The molecule has 1 fully saturated rings. The van der Waals surface area contributed by atoms with Crippen LogP contribution >= 0.6 is 0 Å². The molecule has 2 aromatic rings. The molecule has 2 N–H and O–H groups in total. The topological polar surface area (TPSA) is 68.2 Å². The van der Waals surface area contributed by atoms with Crippen LogP contribution in [-0.4, -0.2) is 35.1 Å². The Morgan fingerprint density at radius 1 is 1.32 bits per heavy atom. The highest BCUT2D eigenvalue weighted by Gasteiger charge is 2.16. The minimum atomic E-state index is -0.229. The molecule has 1 saturated heterocycles. The highest BCUT2D eigenvalue weighted by molar-refractivity contribution is 5.88. The molecule has 6 heteroatoms. The molecule has 1 aromatic heterocycles. The zero-order valence-electron chi connectivity index (χ0n) is 14.9. The number of benzene rings is 1. The molecule has 1 aromatic carbocycles. The molecule has 1 aliphatic rings. The van der Waals surface area contributed by atoms with Crippen LogP contribution in [0.15, 0.2) is 36.5 Å². The monoisotopic (exact) mass is 342 g/mol. The van der Waals surface area contributed by atoms with E-state index in [1.807, 2.05) is 0 Å². The maximum absolute atomic E-state index is 12.1. The van der Waals surface area contributed by atoms with Crippen molar-refractivity contribution in [1.29, 1.82) is 0 Å². The third-order valence-corrected chi connectivity index (χ3v) is 4.45. The molecule has 1 aliphatic heterocycles. The Hall–Kier alpha value is -2.34. The maximum Gasteiger partial charge on any atom is 0.320 e. The highest BCUT2D eigenvalue weighted by atomic mass is 16.5. The molecule has 2 heterocycles. The van der Waals surface area contributed by atoms with E-state index in [1.165, 1.54) is 5.56 Å². The van der Waals surface area contributed by atoms with Gasteiger partial charge < -0.3 is 10.1 Å². The van der Waals surface area contributed by atoms with Crippen molar-refractivity contribution in [2.45, 2.75) is 45.3 Å². The zero-order valence-corrected chi connectivity index (χ0v) is 14.9. The van der Waals surface area contributed by atoms with Gasteiger partial charge in [-0.1, -0.05) is 38.1 Å². The number of hydrogen-bond acceptors (Lipinski definition) is 3. The van der Waals surface area contributed by atoms with Crippen molar-refractivity contribution >= 4 is 11.8 Å². The van der Waals surface area contributed by atoms with Crippen LogP contribution in [0.5, 0.6) is 0 Å². The van der Waals surface area contributed by atoms with E-state index in [4.69, 9.17) is 4.74 Å². The van der Waals surface area contributed by atoms with Gasteiger partial charge in [0.15, 0.2) is 0 Å². The molecule has 1 unspecified atom stereocenters. The Morgan fingerprint density at radius 2 is 2.12 bits per heavy atom. The van der Waals surface area contributed by atoms with E-state index >= 15 is 0 Å². The molecule has 0 bridgehead atoms. The maximum atomic E-state index is 12.1. The molecule has 0 spiro atoms. The summed E-state index contributed by atoms with van der Waals surface area (Å²) in [6, 6.07) is 10.1. The number of rotatable bonds is 6. The van der Waals surface area contributed by atoms with Crippen LogP contribution in [0.4, 0.5) is 10.6 Å². The summed E-state index contributed by atoms with van der Waals surface area (Å²) in [5.74, 6) is 1.20. The summed E-state index contributed by atoms with van der Waals surface area (Å²) in [7, 11) is 0. The van der Waals surface area contributed by atoms with Gasteiger partial charge in [0.05, 0.1) is 18.8 Å². The largest absolute Gasteiger partial charge is 0.376 e. The number of carbonyl (C=O) groups excluding carboxylic acids is 1. The summed E-state index contributed by atoms with van der Waals surface area (Å²) in [5, 5.41) is 10.0. The zero-order chi connectivity index (χ0) is 17.6. The first-order valence-corrected chi connectivity index (χ1v) is 8.89. The first-order chi connectivity index (χ1) is 12.1. The van der Waals surface area contributed by atoms with Gasteiger partial charge in [0, 0.05) is 19.2 Å². The van der Waals surface area contributed by atoms with Crippen LogP contribution in [0.1, 0.15) is 43.7 Å². The van der Waals surface area contributed by atoms with Crippen LogP contribution in [0.25, 0.3) is 0 Å². The van der Waals surface area contributed by atoms with E-state index < -0.39 is 0 Å². The van der Waals surface area contributed by atoms with E-state index in [2.05, 4.69) is 53.8 Å². The average Bonchev–Trinajstić information content (AvgIpc) is 3.26. The molecule has 1 atom stereocenters. The lowest BCUT2D eigenvalue weighted by molar-refractivity contribution is 0.112. The average molecular weight is 342 g/mol. The SMILES string of the molecule is CC(C)c1ccc(Cn2nccc2NC(=O)NCC2CCCO2)cc1. The number of aromatic nitrogens is 2. The lowest BCUT2D eigenvalue weighted by Gasteiger charge is -2.13. The highest BCUT2D eigenvalue weighted by Crippen LogP contribution is 2.16. The lowest BCUT2D eigenvalue weighted by atomic mass is 10.0. The van der Waals surface area contributed by atoms with Gasteiger partial charge in [-0.25, -0.2) is 9.48 Å². The second-order valence-electron chi connectivity index (χ2n) is 6.74. The quantitative estimate of drug-likeness (QED) is 0.846. The predicted octanol–water partition coefficient (Wildman–Crippen LogP) is 3.36. The molecule has 134 valence electrons. The number of ether oxygens (including phenoxy) is 1. The Balaban J connectivity index is 1.55. The van der Waals surface area contributed by atoms with Crippen LogP contribution in [-0.2, 0) is 11.3 Å². The van der Waals surface area contributed by atoms with Gasteiger partial charge in [0.1, 0.15) is 5.82 Å². The molecule has 6 nitrogen and oxygen atoms in total. The minimum Gasteiger partial charge on any atom is -0.376 e. The van der Waals surface area contributed by atoms with E-state index in [0.29, 0.717) is 24.8 Å². The molecular weight excluding hydrogens is 316 g/mol. The van der Waals surface area contributed by atoms with Gasteiger partial charge >= 0.3 is 6.03 Å². The summed E-state index contributed by atoms with van der Waals surface area (Å²) in [4.78, 5) is 12.1. The van der Waals surface area contributed by atoms with E-state index in [0.717, 1.165) is 25.0 Å². The van der Waals surface area contributed by atoms with Crippen molar-refractivity contribution in [1.82, 2.24) is 15.1 Å². The molecule has 0 aliphatic carbocycles. The van der Waals surface area contributed by atoms with Crippen LogP contribution in [0.3, 0.4) is 0 Å². The van der Waals surface area contributed by atoms with Crippen LogP contribution in [0, 0.1) is 0 Å². The van der Waals surface area contributed by atoms with Gasteiger partial charge in [-0.15, -0.1) is 0 Å². The Kier molecular flexibility index (Phi) is 5.71. The van der Waals surface area contributed by atoms with Crippen molar-refractivity contribution < 1.29 is 9.53 Å². The fraction of sp³-hybridized carbons (Fsp3) is 0.474. The van der Waals surface area contributed by atoms with Crippen molar-refractivity contribution in [3.8, 4) is 0 Å². The van der Waals surface area contributed by atoms with Crippen molar-refractivity contribution in [3.63, 3.8) is 0 Å². The first kappa shape index (κ1) is 17.5. The molecular formula is C19H26N4O2. The lowest BCUT2D eigenvalue weighted by Crippen LogP contribution is -2.35. The van der Waals surface area contributed by atoms with Gasteiger partial charge in [-0.2, -0.15) is 5.10 Å². The third-order valence-electron chi connectivity index (χ3n) is 4.45. The van der Waals surface area contributed by atoms with Crippen LogP contribution < -0.4 is 10.6 Å². The Morgan fingerprint density at radius 3 is 2.80 bits per heavy atom. The van der Waals surface area contributed by atoms with Gasteiger partial charge in [-0.3, -0.25) is 5.32 Å². The van der Waals surface area contributed by atoms with E-state index in [1.54, 1.807) is 16.9 Å². The van der Waals surface area contributed by atoms with Crippen LogP contribution in [0.2, 0.25) is 0 Å². The summed E-state index contributed by atoms with van der Waals surface area (Å²) >= 11 is 0. The molecule has 3 rings (SSSR count). The molecule has 25 heavy (non-hydrogen) atoms. The van der Waals surface area contributed by atoms with Crippen molar-refractivity contribution in [2.24, 2.45) is 0 Å². The fourth-order valence-electron chi connectivity index (χ4n) is 2.92. The second-order valence-corrected chi connectivity index (χ2v) is 6.74. The number of nitrogens with zero attached hydrogens (tertiary/aromatic N) is 2. The summed E-state index contributed by atoms with van der Waals surface area (Å²) in [6.45, 7) is 6.30. The predicted molar refractivity (Wildman–Crippen MR) is 97.9 cm³/mol. The van der Waals surface area contributed by atoms with Gasteiger partial charge in [-0.05, 0) is 29.9 Å². The molecule has 0 radical (unpaired) electrons. The fourth-order valence-corrected chi connectivity index (χ4v) is 2.92. The number of amides is 2. The summed E-state index contributed by atoms with van der Waals surface area (Å²) in [5.41, 5.74) is 2.46. The number of carbonyl (C=O) groups is 1. The normalized spacial score (nSPS) is 17.0. The molecule has 2 amide bonds. The van der Waals surface area contributed by atoms with E-state index in [-0.39, 0.29) is 12.1 Å². The number of anilines is 1. The smallest absolute Gasteiger partial charge is 0.320 e. The summed E-state index contributed by atoms with van der Waals surface area (Å²) < 4.78 is 7.30. The van der Waals surface area contributed by atoms with Crippen molar-refractivity contribution in [3.05, 3.63) is 47.7 Å². The third kappa shape index (κ3) is 4.82. The number of nitrogens with one attached hydrogen (secondary N) is 2. The second kappa shape index (κ2) is 8.16. The van der Waals surface area contributed by atoms with E-state index in [9.17, 15) is 4.79 Å². The van der Waals surface area contributed by atoms with Gasteiger partial charge in [0.2, 0.25) is 0 Å². The van der Waals surface area contributed by atoms with Crippen molar-refractivity contribution in [2.75, 3.05) is 18.5 Å². The first-order valence-electron chi connectivity index (χ1n) is 8.89. The standard InChI is InChI=1S/C19H26N4O2/c1-14(2)16-7-5-15(6-8-16)13-23-18(9-10-21-23)22-19(24)20-12-17-4-3-11-25-17/h5-10,14,17H,3-4,11-13H2,1-2H3,(H2,20,22,24). The number of urea groups is 1. The summed E-state index contributed by atoms with van der Waals surface area (Å²) in [6.07, 6.45) is 3.90.